The van der Waals surface area contributed by atoms with Crippen LogP contribution in [0.25, 0.3) is 0 Å². The fraction of sp³-hybridized carbons (Fsp3) is 0.263. The molecule has 0 radical (unpaired) electrons. The molecular formula is C19H16F3NO2S. The molecule has 2 atom stereocenters. The molecule has 1 amide bonds. The van der Waals surface area contributed by atoms with Gasteiger partial charge in [-0.2, -0.15) is 13.2 Å². The molecule has 2 unspecified atom stereocenters. The van der Waals surface area contributed by atoms with E-state index in [0.717, 1.165) is 23.9 Å². The van der Waals surface area contributed by atoms with E-state index in [2.05, 4.69) is 0 Å². The Bertz CT molecular complexity index is 825. The maximum atomic E-state index is 13.1. The molecule has 2 aromatic rings. The summed E-state index contributed by atoms with van der Waals surface area (Å²) in [6.07, 6.45) is -3.91. The maximum Gasteiger partial charge on any atom is 0.416 e. The molecule has 1 saturated heterocycles. The topological polar surface area (TPSA) is 37.4 Å². The number of likely N-dealkylation sites (tertiary alicyclic amines) is 1. The van der Waals surface area contributed by atoms with E-state index in [1.807, 2.05) is 6.07 Å². The highest BCUT2D eigenvalue weighted by molar-refractivity contribution is 8.02. The zero-order valence-corrected chi connectivity index (χ0v) is 14.7. The smallest absolute Gasteiger partial charge is 0.343 e. The Balaban J connectivity index is 2.07. The van der Waals surface area contributed by atoms with Crippen LogP contribution in [0.5, 0.6) is 0 Å². The summed E-state index contributed by atoms with van der Waals surface area (Å²) >= 11 is 1.09. The van der Waals surface area contributed by atoms with Crippen LogP contribution >= 0.6 is 11.8 Å². The van der Waals surface area contributed by atoms with Crippen molar-refractivity contribution in [1.82, 2.24) is 4.90 Å². The first-order valence-corrected chi connectivity index (χ1v) is 8.72. The molecule has 1 fully saturated rings. The van der Waals surface area contributed by atoms with E-state index in [0.29, 0.717) is 16.7 Å². The summed E-state index contributed by atoms with van der Waals surface area (Å²) < 4.78 is 37.7. The third kappa shape index (κ3) is 3.23. The van der Waals surface area contributed by atoms with Crippen LogP contribution in [-0.2, 0) is 15.8 Å². The number of nitrogens with zero attached hydrogens (tertiary/aromatic N) is 1. The van der Waals surface area contributed by atoms with Crippen LogP contribution in [0.1, 0.15) is 17.0 Å². The number of benzene rings is 2. The van der Waals surface area contributed by atoms with Crippen molar-refractivity contribution in [3.8, 4) is 0 Å². The summed E-state index contributed by atoms with van der Waals surface area (Å²) in [5, 5.41) is 0. The summed E-state index contributed by atoms with van der Waals surface area (Å²) in [7, 11) is 1.56. The summed E-state index contributed by atoms with van der Waals surface area (Å²) in [5.74, 6) is -1.08. The van der Waals surface area contributed by atoms with Crippen LogP contribution in [0.2, 0.25) is 0 Å². The fourth-order valence-corrected chi connectivity index (χ4v) is 4.51. The van der Waals surface area contributed by atoms with E-state index in [9.17, 15) is 22.8 Å². The standard InChI is InChI=1S/C19H16F3NO2S/c1-23-11-16(13-6-5-7-14(10-13)19(20,21)22)18(12-24,17(23)25)26-15-8-3-2-4-9-15/h2-10,12,16H,11H2,1H3. The molecule has 136 valence electrons. The Hall–Kier alpha value is -2.28. The Labute approximate surface area is 153 Å². The van der Waals surface area contributed by atoms with Crippen molar-refractivity contribution in [2.24, 2.45) is 0 Å². The van der Waals surface area contributed by atoms with Gasteiger partial charge in [-0.3, -0.25) is 4.79 Å². The van der Waals surface area contributed by atoms with E-state index in [1.54, 1.807) is 31.3 Å². The normalized spacial score (nSPS) is 23.3. The fourth-order valence-electron chi connectivity index (χ4n) is 3.18. The van der Waals surface area contributed by atoms with Crippen LogP contribution in [0.3, 0.4) is 0 Å². The summed E-state index contributed by atoms with van der Waals surface area (Å²) in [6, 6.07) is 13.8. The van der Waals surface area contributed by atoms with Crippen molar-refractivity contribution in [2.75, 3.05) is 13.6 Å². The molecule has 7 heteroatoms. The molecule has 0 saturated carbocycles. The maximum absolute atomic E-state index is 13.1. The average Bonchev–Trinajstić information content (AvgIpc) is 2.87. The second kappa shape index (κ2) is 6.79. The highest BCUT2D eigenvalue weighted by Crippen LogP contribution is 2.48. The third-order valence-electron chi connectivity index (χ3n) is 4.48. The molecule has 0 spiro atoms. The molecule has 3 rings (SSSR count). The number of halogens is 3. The molecule has 0 bridgehead atoms. The number of rotatable bonds is 4. The predicted molar refractivity (Wildman–Crippen MR) is 92.9 cm³/mol. The van der Waals surface area contributed by atoms with Gasteiger partial charge in [-0.1, -0.05) is 36.4 Å². The number of hydrogen-bond donors (Lipinski definition) is 0. The van der Waals surface area contributed by atoms with Gasteiger partial charge in [0.15, 0.2) is 4.75 Å². The first-order valence-electron chi connectivity index (χ1n) is 7.91. The number of alkyl halides is 3. The summed E-state index contributed by atoms with van der Waals surface area (Å²) in [4.78, 5) is 27.0. The Morgan fingerprint density at radius 3 is 2.46 bits per heavy atom. The number of aldehydes is 1. The first kappa shape index (κ1) is 18.5. The lowest BCUT2D eigenvalue weighted by molar-refractivity contribution is -0.137. The molecule has 0 aliphatic carbocycles. The highest BCUT2D eigenvalue weighted by Gasteiger charge is 2.55. The van der Waals surface area contributed by atoms with Crippen molar-refractivity contribution < 1.29 is 22.8 Å². The zero-order valence-electron chi connectivity index (χ0n) is 13.9. The lowest BCUT2D eigenvalue weighted by atomic mass is 9.87. The Kier molecular flexibility index (Phi) is 4.84. The van der Waals surface area contributed by atoms with Crippen molar-refractivity contribution in [3.63, 3.8) is 0 Å². The van der Waals surface area contributed by atoms with Crippen molar-refractivity contribution in [2.45, 2.75) is 21.7 Å². The van der Waals surface area contributed by atoms with Gasteiger partial charge in [-0.15, -0.1) is 11.8 Å². The first-order chi connectivity index (χ1) is 12.3. The minimum Gasteiger partial charge on any atom is -0.343 e. The summed E-state index contributed by atoms with van der Waals surface area (Å²) in [6.45, 7) is 0.179. The molecule has 0 aromatic heterocycles. The number of carbonyl (C=O) groups is 2. The van der Waals surface area contributed by atoms with E-state index in [4.69, 9.17) is 0 Å². The number of likely N-dealkylation sites (N-methyl/N-ethyl adjacent to an activating group) is 1. The second-order valence-corrected chi connectivity index (χ2v) is 7.54. The van der Waals surface area contributed by atoms with Crippen LogP contribution in [-0.4, -0.2) is 35.4 Å². The van der Waals surface area contributed by atoms with Gasteiger partial charge in [0, 0.05) is 24.4 Å². The van der Waals surface area contributed by atoms with Crippen molar-refractivity contribution in [1.29, 1.82) is 0 Å². The van der Waals surface area contributed by atoms with Gasteiger partial charge in [-0.05, 0) is 23.8 Å². The van der Waals surface area contributed by atoms with Crippen molar-refractivity contribution >= 4 is 24.0 Å². The Morgan fingerprint density at radius 2 is 1.85 bits per heavy atom. The lowest BCUT2D eigenvalue weighted by Crippen LogP contribution is -2.40. The van der Waals surface area contributed by atoms with Gasteiger partial charge in [0.1, 0.15) is 6.29 Å². The second-order valence-electron chi connectivity index (χ2n) is 6.19. The van der Waals surface area contributed by atoms with Crippen molar-refractivity contribution in [3.05, 3.63) is 65.7 Å². The largest absolute Gasteiger partial charge is 0.416 e. The van der Waals surface area contributed by atoms with Gasteiger partial charge in [0.25, 0.3) is 0 Å². The number of hydrogen-bond acceptors (Lipinski definition) is 3. The van der Waals surface area contributed by atoms with Crippen LogP contribution in [0, 0.1) is 0 Å². The minimum absolute atomic E-state index is 0.179. The van der Waals surface area contributed by atoms with Crippen LogP contribution in [0.4, 0.5) is 13.2 Å². The molecule has 1 aliphatic heterocycles. The molecule has 2 aromatic carbocycles. The SMILES string of the molecule is CN1CC(c2cccc(C(F)(F)F)c2)C(C=O)(Sc2ccccc2)C1=O. The van der Waals surface area contributed by atoms with Gasteiger partial charge in [0.2, 0.25) is 5.91 Å². The van der Waals surface area contributed by atoms with Gasteiger partial charge in [-0.25, -0.2) is 0 Å². The molecule has 0 N–H and O–H groups in total. The van der Waals surface area contributed by atoms with E-state index >= 15 is 0 Å². The minimum atomic E-state index is -4.49. The highest BCUT2D eigenvalue weighted by atomic mass is 32.2. The molecule has 3 nitrogen and oxygen atoms in total. The van der Waals surface area contributed by atoms with E-state index in [1.165, 1.54) is 17.0 Å². The number of thioether (sulfide) groups is 1. The van der Waals surface area contributed by atoms with Gasteiger partial charge in [0.05, 0.1) is 5.56 Å². The molecule has 26 heavy (non-hydrogen) atoms. The zero-order chi connectivity index (χ0) is 18.9. The molecule has 1 heterocycles. The average molecular weight is 379 g/mol. The molecular weight excluding hydrogens is 363 g/mol. The van der Waals surface area contributed by atoms with Crippen LogP contribution in [0.15, 0.2) is 59.5 Å². The van der Waals surface area contributed by atoms with E-state index in [-0.39, 0.29) is 6.54 Å². The monoisotopic (exact) mass is 379 g/mol. The number of carbonyl (C=O) groups excluding carboxylic acids is 2. The van der Waals surface area contributed by atoms with E-state index < -0.39 is 28.3 Å². The number of amides is 1. The predicted octanol–water partition coefficient (Wildman–Crippen LogP) is 3.99. The van der Waals surface area contributed by atoms with Gasteiger partial charge >= 0.3 is 6.18 Å². The Morgan fingerprint density at radius 1 is 1.15 bits per heavy atom. The quantitative estimate of drug-likeness (QED) is 0.595. The lowest BCUT2D eigenvalue weighted by Gasteiger charge is -2.27. The van der Waals surface area contributed by atoms with Crippen LogP contribution < -0.4 is 0 Å². The molecule has 1 aliphatic rings. The third-order valence-corrected chi connectivity index (χ3v) is 5.88. The van der Waals surface area contributed by atoms with Gasteiger partial charge < -0.3 is 9.69 Å². The summed E-state index contributed by atoms with van der Waals surface area (Å²) in [5.41, 5.74) is -0.463.